The average molecular weight is 254 g/mol. The van der Waals surface area contributed by atoms with Gasteiger partial charge in [0, 0.05) is 37.8 Å². The number of likely N-dealkylation sites (tertiary alicyclic amines) is 1. The van der Waals surface area contributed by atoms with Gasteiger partial charge in [0.1, 0.15) is 0 Å². The van der Waals surface area contributed by atoms with E-state index in [9.17, 15) is 5.11 Å². The lowest BCUT2D eigenvalue weighted by atomic mass is 9.98. The number of aliphatic hydroxyl groups excluding tert-OH is 1. The summed E-state index contributed by atoms with van der Waals surface area (Å²) in [6, 6.07) is 1.32. The SMILES string of the molecule is COC1CCN(C2CCC(CO)(NC3CC3)C2)C1. The van der Waals surface area contributed by atoms with Crippen LogP contribution in [-0.4, -0.2) is 60.5 Å². The number of nitrogens with zero attached hydrogens (tertiary/aromatic N) is 1. The van der Waals surface area contributed by atoms with Crippen molar-refractivity contribution in [2.45, 2.75) is 62.3 Å². The maximum Gasteiger partial charge on any atom is 0.0710 e. The average Bonchev–Trinajstić information content (AvgIpc) is 2.93. The maximum absolute atomic E-state index is 9.75. The van der Waals surface area contributed by atoms with Crippen LogP contribution in [0.25, 0.3) is 0 Å². The van der Waals surface area contributed by atoms with Crippen LogP contribution in [-0.2, 0) is 4.74 Å². The molecule has 0 radical (unpaired) electrons. The van der Waals surface area contributed by atoms with E-state index in [4.69, 9.17) is 4.74 Å². The highest BCUT2D eigenvalue weighted by molar-refractivity contribution is 5.03. The Bertz CT molecular complexity index is 296. The fraction of sp³-hybridized carbons (Fsp3) is 1.00. The van der Waals surface area contributed by atoms with Gasteiger partial charge in [-0.3, -0.25) is 4.90 Å². The van der Waals surface area contributed by atoms with Crippen molar-refractivity contribution in [3.05, 3.63) is 0 Å². The summed E-state index contributed by atoms with van der Waals surface area (Å²) < 4.78 is 5.45. The van der Waals surface area contributed by atoms with Gasteiger partial charge in [-0.15, -0.1) is 0 Å². The molecule has 2 aliphatic carbocycles. The van der Waals surface area contributed by atoms with Gasteiger partial charge in [-0.1, -0.05) is 0 Å². The molecule has 0 amide bonds. The molecule has 0 aromatic rings. The molecule has 1 saturated heterocycles. The van der Waals surface area contributed by atoms with Crippen molar-refractivity contribution >= 4 is 0 Å². The standard InChI is InChI=1S/C14H26N2O2/c1-18-13-5-7-16(9-13)12-4-6-14(8-12,10-17)15-11-2-3-11/h11-13,15,17H,2-10H2,1H3. The van der Waals surface area contributed by atoms with Crippen LogP contribution in [0.2, 0.25) is 0 Å². The van der Waals surface area contributed by atoms with Gasteiger partial charge in [-0.05, 0) is 38.5 Å². The Balaban J connectivity index is 1.56. The quantitative estimate of drug-likeness (QED) is 0.760. The lowest BCUT2D eigenvalue weighted by Gasteiger charge is -2.31. The molecule has 1 heterocycles. The number of hydrogen-bond donors (Lipinski definition) is 2. The third-order valence-corrected chi connectivity index (χ3v) is 5.00. The number of nitrogens with one attached hydrogen (secondary N) is 1. The predicted octanol–water partition coefficient (Wildman–Crippen LogP) is 0.743. The van der Waals surface area contributed by atoms with E-state index in [1.54, 1.807) is 0 Å². The van der Waals surface area contributed by atoms with Crippen molar-refractivity contribution in [1.82, 2.24) is 10.2 Å². The monoisotopic (exact) mass is 254 g/mol. The number of rotatable bonds is 5. The Morgan fingerprint density at radius 2 is 2.17 bits per heavy atom. The Labute approximate surface area is 110 Å². The zero-order valence-corrected chi connectivity index (χ0v) is 11.4. The van der Waals surface area contributed by atoms with Crippen molar-refractivity contribution in [3.63, 3.8) is 0 Å². The molecule has 4 heteroatoms. The van der Waals surface area contributed by atoms with E-state index in [-0.39, 0.29) is 5.54 Å². The molecule has 0 bridgehead atoms. The van der Waals surface area contributed by atoms with Crippen molar-refractivity contribution in [2.75, 3.05) is 26.8 Å². The topological polar surface area (TPSA) is 44.7 Å². The molecule has 3 atom stereocenters. The Morgan fingerprint density at radius 3 is 2.78 bits per heavy atom. The van der Waals surface area contributed by atoms with Crippen LogP contribution < -0.4 is 5.32 Å². The van der Waals surface area contributed by atoms with Crippen LogP contribution in [0, 0.1) is 0 Å². The smallest absolute Gasteiger partial charge is 0.0710 e. The highest BCUT2D eigenvalue weighted by Crippen LogP contribution is 2.37. The summed E-state index contributed by atoms with van der Waals surface area (Å²) in [4.78, 5) is 2.57. The van der Waals surface area contributed by atoms with Crippen molar-refractivity contribution in [3.8, 4) is 0 Å². The first-order valence-corrected chi connectivity index (χ1v) is 7.40. The van der Waals surface area contributed by atoms with Gasteiger partial charge in [0.25, 0.3) is 0 Å². The molecule has 2 saturated carbocycles. The zero-order valence-electron chi connectivity index (χ0n) is 11.4. The van der Waals surface area contributed by atoms with E-state index in [2.05, 4.69) is 10.2 Å². The Morgan fingerprint density at radius 1 is 1.33 bits per heavy atom. The minimum Gasteiger partial charge on any atom is -0.394 e. The Kier molecular flexibility index (Phi) is 3.63. The normalized spacial score (nSPS) is 41.7. The van der Waals surface area contributed by atoms with Crippen molar-refractivity contribution in [1.29, 1.82) is 0 Å². The molecule has 4 nitrogen and oxygen atoms in total. The first kappa shape index (κ1) is 12.9. The van der Waals surface area contributed by atoms with E-state index in [0.717, 1.165) is 32.4 Å². The molecular formula is C14H26N2O2. The molecule has 18 heavy (non-hydrogen) atoms. The molecule has 3 fully saturated rings. The summed E-state index contributed by atoms with van der Waals surface area (Å²) in [5.41, 5.74) is 0.0109. The second kappa shape index (κ2) is 5.08. The molecule has 3 unspecified atom stereocenters. The first-order valence-electron chi connectivity index (χ1n) is 7.40. The summed E-state index contributed by atoms with van der Waals surface area (Å²) >= 11 is 0. The van der Waals surface area contributed by atoms with Crippen LogP contribution >= 0.6 is 0 Å². The summed E-state index contributed by atoms with van der Waals surface area (Å²) in [5, 5.41) is 13.4. The lowest BCUT2D eigenvalue weighted by molar-refractivity contribution is 0.0980. The van der Waals surface area contributed by atoms with Gasteiger partial charge in [-0.2, -0.15) is 0 Å². The Hall–Kier alpha value is -0.160. The fourth-order valence-corrected chi connectivity index (χ4v) is 3.67. The molecule has 104 valence electrons. The third kappa shape index (κ3) is 2.57. The van der Waals surface area contributed by atoms with Gasteiger partial charge in [0.15, 0.2) is 0 Å². The minimum absolute atomic E-state index is 0.0109. The summed E-state index contributed by atoms with van der Waals surface area (Å²) in [6.07, 6.45) is 7.62. The van der Waals surface area contributed by atoms with E-state index < -0.39 is 0 Å². The second-order valence-corrected chi connectivity index (χ2v) is 6.40. The lowest BCUT2D eigenvalue weighted by Crippen LogP contribution is -2.49. The van der Waals surface area contributed by atoms with E-state index >= 15 is 0 Å². The van der Waals surface area contributed by atoms with Crippen molar-refractivity contribution < 1.29 is 9.84 Å². The molecule has 0 aromatic carbocycles. The van der Waals surface area contributed by atoms with E-state index in [0.29, 0.717) is 24.8 Å². The summed E-state index contributed by atoms with van der Waals surface area (Å²) in [5.74, 6) is 0. The van der Waals surface area contributed by atoms with E-state index in [1.165, 1.54) is 19.3 Å². The molecule has 3 rings (SSSR count). The summed E-state index contributed by atoms with van der Waals surface area (Å²) in [7, 11) is 1.81. The van der Waals surface area contributed by atoms with Crippen LogP contribution in [0.4, 0.5) is 0 Å². The number of hydrogen-bond acceptors (Lipinski definition) is 4. The molecule has 2 N–H and O–H groups in total. The van der Waals surface area contributed by atoms with E-state index in [1.807, 2.05) is 7.11 Å². The van der Waals surface area contributed by atoms with Crippen LogP contribution in [0.5, 0.6) is 0 Å². The van der Waals surface area contributed by atoms with Gasteiger partial charge in [0.05, 0.1) is 12.7 Å². The molecular weight excluding hydrogens is 228 g/mol. The number of aliphatic hydroxyl groups is 1. The fourth-order valence-electron chi connectivity index (χ4n) is 3.67. The third-order valence-electron chi connectivity index (χ3n) is 5.00. The predicted molar refractivity (Wildman–Crippen MR) is 70.6 cm³/mol. The number of ether oxygens (including phenoxy) is 1. The van der Waals surface area contributed by atoms with Gasteiger partial charge >= 0.3 is 0 Å². The zero-order chi connectivity index (χ0) is 12.6. The maximum atomic E-state index is 9.75. The van der Waals surface area contributed by atoms with Gasteiger partial charge < -0.3 is 15.2 Å². The highest BCUT2D eigenvalue weighted by atomic mass is 16.5. The van der Waals surface area contributed by atoms with Crippen molar-refractivity contribution in [2.24, 2.45) is 0 Å². The second-order valence-electron chi connectivity index (χ2n) is 6.40. The molecule has 0 spiro atoms. The minimum atomic E-state index is 0.0109. The molecule has 3 aliphatic rings. The highest BCUT2D eigenvalue weighted by Gasteiger charge is 2.44. The number of methoxy groups -OCH3 is 1. The van der Waals surface area contributed by atoms with Crippen LogP contribution in [0.1, 0.15) is 38.5 Å². The van der Waals surface area contributed by atoms with Crippen LogP contribution in [0.15, 0.2) is 0 Å². The first-order chi connectivity index (χ1) is 8.74. The van der Waals surface area contributed by atoms with Crippen LogP contribution in [0.3, 0.4) is 0 Å². The largest absolute Gasteiger partial charge is 0.394 e. The van der Waals surface area contributed by atoms with Gasteiger partial charge in [-0.25, -0.2) is 0 Å². The molecule has 0 aromatic heterocycles. The van der Waals surface area contributed by atoms with Gasteiger partial charge in [0.2, 0.25) is 0 Å². The molecule has 1 aliphatic heterocycles. The summed E-state index contributed by atoms with van der Waals surface area (Å²) in [6.45, 7) is 2.53.